The summed E-state index contributed by atoms with van der Waals surface area (Å²) in [5.74, 6) is 0.116. The van der Waals surface area contributed by atoms with E-state index in [1.807, 2.05) is 0 Å². The van der Waals surface area contributed by atoms with Crippen LogP contribution in [-0.4, -0.2) is 35.8 Å². The average molecular weight is 196 g/mol. The van der Waals surface area contributed by atoms with E-state index >= 15 is 0 Å². The van der Waals surface area contributed by atoms with Gasteiger partial charge in [0.1, 0.15) is 5.54 Å². The van der Waals surface area contributed by atoms with Crippen molar-refractivity contribution in [3.8, 4) is 0 Å². The van der Waals surface area contributed by atoms with Crippen molar-refractivity contribution in [3.05, 3.63) is 0 Å². The molecule has 1 heterocycles. The summed E-state index contributed by atoms with van der Waals surface area (Å²) in [5, 5.41) is 2.90. The minimum absolute atomic E-state index is 0.0181. The predicted octanol–water partition coefficient (Wildman–Crippen LogP) is 0.277. The van der Waals surface area contributed by atoms with Gasteiger partial charge in [-0.25, -0.2) is 0 Å². The highest BCUT2D eigenvalue weighted by Gasteiger charge is 2.45. The Morgan fingerprint density at radius 3 is 2.57 bits per heavy atom. The van der Waals surface area contributed by atoms with Crippen LogP contribution in [-0.2, 0) is 9.59 Å². The zero-order valence-electron chi connectivity index (χ0n) is 8.51. The van der Waals surface area contributed by atoms with Crippen molar-refractivity contribution in [2.45, 2.75) is 37.6 Å². The van der Waals surface area contributed by atoms with Gasteiger partial charge in [-0.1, -0.05) is 12.8 Å². The van der Waals surface area contributed by atoms with Gasteiger partial charge in [-0.3, -0.25) is 9.59 Å². The molecule has 2 aliphatic rings. The van der Waals surface area contributed by atoms with Crippen molar-refractivity contribution in [2.24, 2.45) is 0 Å². The summed E-state index contributed by atoms with van der Waals surface area (Å²) >= 11 is 0. The fourth-order valence-electron chi connectivity index (χ4n) is 2.44. The molecule has 0 aromatic carbocycles. The van der Waals surface area contributed by atoms with Gasteiger partial charge in [-0.05, 0) is 12.8 Å². The number of carbonyl (C=O) groups is 2. The van der Waals surface area contributed by atoms with Gasteiger partial charge in [0.2, 0.25) is 11.8 Å². The number of rotatable bonds is 0. The Hall–Kier alpha value is -1.06. The minimum Gasteiger partial charge on any atom is -0.343 e. The van der Waals surface area contributed by atoms with Gasteiger partial charge in [0, 0.05) is 20.0 Å². The number of carbonyl (C=O) groups excluding carboxylic acids is 2. The second-order valence-electron chi connectivity index (χ2n) is 4.31. The third-order valence-corrected chi connectivity index (χ3v) is 3.27. The molecule has 0 radical (unpaired) electrons. The van der Waals surface area contributed by atoms with Crippen LogP contribution in [0, 0.1) is 0 Å². The van der Waals surface area contributed by atoms with E-state index in [4.69, 9.17) is 0 Å². The fourth-order valence-corrected chi connectivity index (χ4v) is 2.44. The molecule has 0 aromatic heterocycles. The van der Waals surface area contributed by atoms with Crippen LogP contribution in [0.5, 0.6) is 0 Å². The molecule has 0 aromatic rings. The lowest BCUT2D eigenvalue weighted by molar-refractivity contribution is -0.137. The Bertz CT molecular complexity index is 269. The van der Waals surface area contributed by atoms with E-state index in [9.17, 15) is 9.59 Å². The number of likely N-dealkylation sites (N-methyl/N-ethyl adjacent to an activating group) is 1. The van der Waals surface area contributed by atoms with Crippen LogP contribution in [0.2, 0.25) is 0 Å². The Balaban J connectivity index is 2.26. The molecule has 1 N–H and O–H groups in total. The Kier molecular flexibility index (Phi) is 2.21. The molecule has 1 aliphatic carbocycles. The van der Waals surface area contributed by atoms with Crippen molar-refractivity contribution in [3.63, 3.8) is 0 Å². The summed E-state index contributed by atoms with van der Waals surface area (Å²) < 4.78 is 0. The Labute approximate surface area is 83.6 Å². The molecule has 4 heteroatoms. The zero-order chi connectivity index (χ0) is 10.2. The molecule has 0 atom stereocenters. The van der Waals surface area contributed by atoms with Crippen molar-refractivity contribution in [2.75, 3.05) is 13.6 Å². The van der Waals surface area contributed by atoms with E-state index < -0.39 is 5.54 Å². The normalized spacial score (nSPS) is 26.5. The summed E-state index contributed by atoms with van der Waals surface area (Å²) in [6.07, 6.45) is 4.13. The molecule has 1 aliphatic heterocycles. The van der Waals surface area contributed by atoms with Crippen LogP contribution >= 0.6 is 0 Å². The van der Waals surface area contributed by atoms with Crippen LogP contribution in [0.25, 0.3) is 0 Å². The fraction of sp³-hybridized carbons (Fsp3) is 0.800. The molecule has 0 unspecified atom stereocenters. The Morgan fingerprint density at radius 2 is 1.93 bits per heavy atom. The molecule has 78 valence electrons. The molecular formula is C10H16N2O2. The maximum absolute atomic E-state index is 12.0. The number of nitrogens with zero attached hydrogens (tertiary/aromatic N) is 1. The molecule has 2 rings (SSSR count). The van der Waals surface area contributed by atoms with Crippen molar-refractivity contribution >= 4 is 11.8 Å². The first kappa shape index (κ1) is 9.49. The van der Waals surface area contributed by atoms with Gasteiger partial charge in [0.05, 0.1) is 0 Å². The number of hydrogen-bond acceptors (Lipinski definition) is 2. The van der Waals surface area contributed by atoms with Crippen molar-refractivity contribution < 1.29 is 9.59 Å². The smallest absolute Gasteiger partial charge is 0.248 e. The summed E-state index contributed by atoms with van der Waals surface area (Å²) in [6.45, 7) is 0.548. The van der Waals surface area contributed by atoms with E-state index in [1.165, 1.54) is 0 Å². The van der Waals surface area contributed by atoms with Gasteiger partial charge in [-0.15, -0.1) is 0 Å². The quantitative estimate of drug-likeness (QED) is 0.605. The van der Waals surface area contributed by atoms with E-state index in [0.29, 0.717) is 13.0 Å². The molecule has 0 bridgehead atoms. The monoisotopic (exact) mass is 196 g/mol. The van der Waals surface area contributed by atoms with Gasteiger partial charge in [0.25, 0.3) is 0 Å². The van der Waals surface area contributed by atoms with Gasteiger partial charge in [0.15, 0.2) is 0 Å². The van der Waals surface area contributed by atoms with E-state index in [2.05, 4.69) is 5.32 Å². The molecule has 4 nitrogen and oxygen atoms in total. The summed E-state index contributed by atoms with van der Waals surface area (Å²) in [5.41, 5.74) is -0.553. The first-order valence-electron chi connectivity index (χ1n) is 5.21. The first-order chi connectivity index (χ1) is 6.64. The summed E-state index contributed by atoms with van der Waals surface area (Å²) in [6, 6.07) is 0. The Morgan fingerprint density at radius 1 is 1.29 bits per heavy atom. The SMILES string of the molecule is CN1CCC(=O)NC2(CCCC2)C1=O. The lowest BCUT2D eigenvalue weighted by Crippen LogP contribution is -2.54. The molecular weight excluding hydrogens is 180 g/mol. The van der Waals surface area contributed by atoms with Gasteiger partial charge >= 0.3 is 0 Å². The van der Waals surface area contributed by atoms with Crippen molar-refractivity contribution in [1.82, 2.24) is 10.2 Å². The van der Waals surface area contributed by atoms with E-state index in [1.54, 1.807) is 11.9 Å². The number of nitrogens with one attached hydrogen (secondary N) is 1. The molecule has 1 saturated carbocycles. The molecule has 2 fully saturated rings. The highest BCUT2D eigenvalue weighted by atomic mass is 16.2. The first-order valence-corrected chi connectivity index (χ1v) is 5.21. The lowest BCUT2D eigenvalue weighted by atomic mass is 9.96. The highest BCUT2D eigenvalue weighted by Crippen LogP contribution is 2.32. The second-order valence-corrected chi connectivity index (χ2v) is 4.31. The minimum atomic E-state index is -0.553. The van der Waals surface area contributed by atoms with Gasteiger partial charge < -0.3 is 10.2 Å². The number of amides is 2. The molecule has 1 saturated heterocycles. The summed E-state index contributed by atoms with van der Waals surface area (Å²) in [4.78, 5) is 25.2. The molecule has 2 amide bonds. The standard InChI is InChI=1S/C10H16N2O2/c1-12-7-4-8(13)11-10(9(12)14)5-2-3-6-10/h2-7H2,1H3,(H,11,13). The van der Waals surface area contributed by atoms with Crippen LogP contribution in [0.3, 0.4) is 0 Å². The van der Waals surface area contributed by atoms with Gasteiger partial charge in [-0.2, -0.15) is 0 Å². The topological polar surface area (TPSA) is 49.4 Å². The number of hydrogen-bond donors (Lipinski definition) is 1. The van der Waals surface area contributed by atoms with Crippen LogP contribution in [0.15, 0.2) is 0 Å². The van der Waals surface area contributed by atoms with E-state index in [0.717, 1.165) is 25.7 Å². The van der Waals surface area contributed by atoms with E-state index in [-0.39, 0.29) is 11.8 Å². The average Bonchev–Trinajstić information content (AvgIpc) is 2.58. The van der Waals surface area contributed by atoms with Crippen LogP contribution in [0.4, 0.5) is 0 Å². The maximum atomic E-state index is 12.0. The largest absolute Gasteiger partial charge is 0.343 e. The second kappa shape index (κ2) is 3.26. The molecule has 1 spiro atoms. The zero-order valence-corrected chi connectivity index (χ0v) is 8.51. The third-order valence-electron chi connectivity index (χ3n) is 3.27. The van der Waals surface area contributed by atoms with Crippen molar-refractivity contribution in [1.29, 1.82) is 0 Å². The third kappa shape index (κ3) is 1.38. The van der Waals surface area contributed by atoms with Crippen LogP contribution in [0.1, 0.15) is 32.1 Å². The summed E-state index contributed by atoms with van der Waals surface area (Å²) in [7, 11) is 1.78. The predicted molar refractivity (Wildman–Crippen MR) is 51.6 cm³/mol. The van der Waals surface area contributed by atoms with Crippen LogP contribution < -0.4 is 5.32 Å². The highest BCUT2D eigenvalue weighted by molar-refractivity contribution is 5.93. The molecule has 14 heavy (non-hydrogen) atoms. The lowest BCUT2D eigenvalue weighted by Gasteiger charge is -2.29. The maximum Gasteiger partial charge on any atom is 0.248 e.